The van der Waals surface area contributed by atoms with Crippen molar-refractivity contribution >= 4 is 39.3 Å². The Morgan fingerprint density at radius 3 is 2.64 bits per heavy atom. The first-order chi connectivity index (χ1) is 10.6. The molecular formula is C17H13IN2O2. The minimum atomic E-state index is -0.593. The molecule has 0 aliphatic heterocycles. The molecule has 0 saturated carbocycles. The summed E-state index contributed by atoms with van der Waals surface area (Å²) in [6.45, 7) is 1.72. The first-order valence-corrected chi connectivity index (χ1v) is 7.91. The first kappa shape index (κ1) is 14.9. The predicted molar refractivity (Wildman–Crippen MR) is 94.2 cm³/mol. The van der Waals surface area contributed by atoms with E-state index in [1.54, 1.807) is 25.1 Å². The molecule has 1 aromatic heterocycles. The van der Waals surface area contributed by atoms with E-state index >= 15 is 0 Å². The Balaban J connectivity index is 2.08. The molecule has 0 fully saturated rings. The highest BCUT2D eigenvalue weighted by Crippen LogP contribution is 2.15. The topological polar surface area (TPSA) is 52.0 Å². The Bertz CT molecular complexity index is 903. The van der Waals surface area contributed by atoms with Crippen LogP contribution in [-0.4, -0.2) is 15.3 Å². The lowest BCUT2D eigenvalue weighted by molar-refractivity contribution is 0.0932. The number of nitrogens with zero attached hydrogens (tertiary/aromatic N) is 2. The largest absolute Gasteiger partial charge is 0.292 e. The van der Waals surface area contributed by atoms with Gasteiger partial charge in [0.1, 0.15) is 0 Å². The maximum Gasteiger partial charge on any atom is 0.261 e. The standard InChI is InChI=1S/C17H13IN2O2/c1-11(16(21)12-5-3-2-4-6-12)20-10-19-15-8-7-13(18)9-14(15)17(20)22/h2-11H,1H3/t11-/m1/s1. The lowest BCUT2D eigenvalue weighted by Crippen LogP contribution is -2.28. The van der Waals surface area contributed by atoms with Crippen molar-refractivity contribution in [3.63, 3.8) is 0 Å². The average molecular weight is 404 g/mol. The van der Waals surface area contributed by atoms with Crippen molar-refractivity contribution in [2.45, 2.75) is 13.0 Å². The van der Waals surface area contributed by atoms with Crippen molar-refractivity contribution in [1.82, 2.24) is 9.55 Å². The average Bonchev–Trinajstić information content (AvgIpc) is 2.55. The third kappa shape index (κ3) is 2.68. The third-order valence-electron chi connectivity index (χ3n) is 3.60. The van der Waals surface area contributed by atoms with Crippen LogP contribution in [0.25, 0.3) is 10.9 Å². The van der Waals surface area contributed by atoms with E-state index in [4.69, 9.17) is 0 Å². The van der Waals surface area contributed by atoms with Gasteiger partial charge in [-0.3, -0.25) is 14.2 Å². The van der Waals surface area contributed by atoms with Crippen LogP contribution in [0.1, 0.15) is 23.3 Å². The number of aromatic nitrogens is 2. The summed E-state index contributed by atoms with van der Waals surface area (Å²) in [5.41, 5.74) is 1.03. The number of hydrogen-bond acceptors (Lipinski definition) is 3. The number of halogens is 1. The number of Topliss-reactive ketones (excluding diaryl/α,β-unsaturated/α-hetero) is 1. The van der Waals surface area contributed by atoms with Crippen LogP contribution in [-0.2, 0) is 0 Å². The second kappa shape index (κ2) is 6.00. The zero-order valence-electron chi connectivity index (χ0n) is 11.9. The molecule has 0 bridgehead atoms. The molecule has 1 atom stereocenters. The SMILES string of the molecule is C[C@H](C(=O)c1ccccc1)n1cnc2ccc(I)cc2c1=O. The number of ketones is 1. The molecule has 110 valence electrons. The van der Waals surface area contributed by atoms with Crippen LogP contribution >= 0.6 is 22.6 Å². The van der Waals surface area contributed by atoms with Gasteiger partial charge in [0.15, 0.2) is 5.78 Å². The van der Waals surface area contributed by atoms with Gasteiger partial charge in [0.25, 0.3) is 5.56 Å². The van der Waals surface area contributed by atoms with Gasteiger partial charge >= 0.3 is 0 Å². The molecule has 5 heteroatoms. The van der Waals surface area contributed by atoms with Gasteiger partial charge in [0.2, 0.25) is 0 Å². The number of benzene rings is 2. The second-order valence-electron chi connectivity index (χ2n) is 5.02. The van der Waals surface area contributed by atoms with Crippen LogP contribution < -0.4 is 5.56 Å². The third-order valence-corrected chi connectivity index (χ3v) is 4.27. The normalized spacial score (nSPS) is 12.3. The van der Waals surface area contributed by atoms with Crippen LogP contribution in [0.4, 0.5) is 0 Å². The highest BCUT2D eigenvalue weighted by molar-refractivity contribution is 14.1. The monoisotopic (exact) mass is 404 g/mol. The molecule has 0 radical (unpaired) electrons. The summed E-state index contributed by atoms with van der Waals surface area (Å²) in [4.78, 5) is 29.4. The molecule has 0 amide bonds. The smallest absolute Gasteiger partial charge is 0.261 e. The van der Waals surface area contributed by atoms with Gasteiger partial charge in [0, 0.05) is 9.13 Å². The molecular weight excluding hydrogens is 391 g/mol. The van der Waals surface area contributed by atoms with Gasteiger partial charge in [0.05, 0.1) is 23.3 Å². The zero-order chi connectivity index (χ0) is 15.7. The Kier molecular flexibility index (Phi) is 4.06. The van der Waals surface area contributed by atoms with Gasteiger partial charge in [-0.1, -0.05) is 30.3 Å². The lowest BCUT2D eigenvalue weighted by atomic mass is 10.1. The van der Waals surface area contributed by atoms with Crippen molar-refractivity contribution in [3.05, 3.63) is 74.3 Å². The number of carbonyl (C=O) groups is 1. The van der Waals surface area contributed by atoms with Crippen molar-refractivity contribution in [3.8, 4) is 0 Å². The predicted octanol–water partition coefficient (Wildman–Crippen LogP) is 3.45. The first-order valence-electron chi connectivity index (χ1n) is 6.83. The summed E-state index contributed by atoms with van der Waals surface area (Å²) in [5, 5.41) is 0.530. The van der Waals surface area contributed by atoms with Gasteiger partial charge in [-0.25, -0.2) is 4.98 Å². The highest BCUT2D eigenvalue weighted by Gasteiger charge is 2.19. The summed E-state index contributed by atoms with van der Waals surface area (Å²) in [6.07, 6.45) is 1.45. The van der Waals surface area contributed by atoms with Crippen LogP contribution in [0.5, 0.6) is 0 Å². The van der Waals surface area contributed by atoms with Crippen LogP contribution in [0.3, 0.4) is 0 Å². The van der Waals surface area contributed by atoms with E-state index in [0.29, 0.717) is 16.5 Å². The molecule has 0 aliphatic rings. The Morgan fingerprint density at radius 1 is 1.18 bits per heavy atom. The molecule has 3 rings (SSSR count). The Hall–Kier alpha value is -2.02. The lowest BCUT2D eigenvalue weighted by Gasteiger charge is -2.14. The second-order valence-corrected chi connectivity index (χ2v) is 6.27. The summed E-state index contributed by atoms with van der Waals surface area (Å²) in [5.74, 6) is -0.102. The molecule has 1 heterocycles. The van der Waals surface area contributed by atoms with E-state index in [9.17, 15) is 9.59 Å². The molecule has 0 aliphatic carbocycles. The van der Waals surface area contributed by atoms with Crippen molar-refractivity contribution in [2.75, 3.05) is 0 Å². The maximum atomic E-state index is 12.6. The minimum absolute atomic E-state index is 0.102. The molecule has 0 N–H and O–H groups in total. The van der Waals surface area contributed by atoms with Gasteiger partial charge < -0.3 is 0 Å². The quantitative estimate of drug-likeness (QED) is 0.497. The van der Waals surface area contributed by atoms with Crippen LogP contribution in [0.2, 0.25) is 0 Å². The number of rotatable bonds is 3. The molecule has 2 aromatic carbocycles. The van der Waals surface area contributed by atoms with E-state index in [-0.39, 0.29) is 11.3 Å². The van der Waals surface area contributed by atoms with Crippen LogP contribution in [0.15, 0.2) is 59.7 Å². The highest BCUT2D eigenvalue weighted by atomic mass is 127. The Labute approximate surface area is 140 Å². The van der Waals surface area contributed by atoms with Gasteiger partial charge in [-0.2, -0.15) is 0 Å². The van der Waals surface area contributed by atoms with Gasteiger partial charge in [-0.05, 0) is 47.7 Å². The number of hydrogen-bond donors (Lipinski definition) is 0. The zero-order valence-corrected chi connectivity index (χ0v) is 14.0. The number of fused-ring (bicyclic) bond motifs is 1. The van der Waals surface area contributed by atoms with E-state index in [2.05, 4.69) is 27.6 Å². The minimum Gasteiger partial charge on any atom is -0.292 e. The fraction of sp³-hybridized carbons (Fsp3) is 0.118. The van der Waals surface area contributed by atoms with Crippen LogP contribution in [0, 0.1) is 3.57 Å². The fourth-order valence-corrected chi connectivity index (χ4v) is 2.85. The molecule has 4 nitrogen and oxygen atoms in total. The molecule has 0 unspecified atom stereocenters. The molecule has 22 heavy (non-hydrogen) atoms. The van der Waals surface area contributed by atoms with Crippen molar-refractivity contribution in [1.29, 1.82) is 0 Å². The molecule has 3 aromatic rings. The summed E-state index contributed by atoms with van der Waals surface area (Å²) >= 11 is 2.15. The Morgan fingerprint density at radius 2 is 1.91 bits per heavy atom. The number of carbonyl (C=O) groups excluding carboxylic acids is 1. The van der Waals surface area contributed by atoms with Gasteiger partial charge in [-0.15, -0.1) is 0 Å². The summed E-state index contributed by atoms with van der Waals surface area (Å²) in [7, 11) is 0. The van der Waals surface area contributed by atoms with Crippen molar-refractivity contribution < 1.29 is 4.79 Å². The van der Waals surface area contributed by atoms with E-state index in [1.165, 1.54) is 10.9 Å². The summed E-state index contributed by atoms with van der Waals surface area (Å²) < 4.78 is 2.36. The van der Waals surface area contributed by atoms with E-state index in [1.807, 2.05) is 30.3 Å². The molecule has 0 spiro atoms. The summed E-state index contributed by atoms with van der Waals surface area (Å²) in [6, 6.07) is 13.9. The van der Waals surface area contributed by atoms with Crippen molar-refractivity contribution in [2.24, 2.45) is 0 Å². The van der Waals surface area contributed by atoms with E-state index in [0.717, 1.165) is 3.57 Å². The molecule has 0 saturated heterocycles. The fourth-order valence-electron chi connectivity index (χ4n) is 2.35. The van der Waals surface area contributed by atoms with E-state index < -0.39 is 6.04 Å². The maximum absolute atomic E-state index is 12.6.